The van der Waals surface area contributed by atoms with E-state index in [1.165, 1.54) is 6.33 Å². The number of H-pyrrole nitrogens is 1. The normalized spacial score (nSPS) is 14.9. The second-order valence-electron chi connectivity index (χ2n) is 5.27. The summed E-state index contributed by atoms with van der Waals surface area (Å²) in [5, 5.41) is 13.4. The number of hydrogen-bond acceptors (Lipinski definition) is 5. The van der Waals surface area contributed by atoms with Crippen LogP contribution in [0.15, 0.2) is 12.7 Å². The Balaban J connectivity index is 2.08. The van der Waals surface area contributed by atoms with Crippen LogP contribution in [0, 0.1) is 5.92 Å². The Morgan fingerprint density at radius 1 is 1.39 bits per heavy atom. The number of hydrogen-bond donors (Lipinski definition) is 3. The molecule has 1 atom stereocenters. The summed E-state index contributed by atoms with van der Waals surface area (Å²) in [6, 6.07) is 0. The Labute approximate surface area is 106 Å². The van der Waals surface area contributed by atoms with E-state index in [1.807, 2.05) is 6.92 Å². The van der Waals surface area contributed by atoms with Crippen LogP contribution < -0.4 is 5.32 Å². The molecule has 6 heteroatoms. The van der Waals surface area contributed by atoms with E-state index in [2.05, 4.69) is 39.1 Å². The molecule has 1 unspecified atom stereocenters. The third-order valence-corrected chi connectivity index (χ3v) is 2.71. The molecule has 18 heavy (non-hydrogen) atoms. The van der Waals surface area contributed by atoms with Gasteiger partial charge in [0.1, 0.15) is 11.8 Å². The van der Waals surface area contributed by atoms with Gasteiger partial charge in [0.25, 0.3) is 0 Å². The summed E-state index contributed by atoms with van der Waals surface area (Å²) >= 11 is 0. The van der Waals surface area contributed by atoms with Crippen LogP contribution in [0.5, 0.6) is 0 Å². The van der Waals surface area contributed by atoms with Crippen LogP contribution in [0.3, 0.4) is 0 Å². The van der Waals surface area contributed by atoms with Gasteiger partial charge in [0.05, 0.1) is 11.9 Å². The molecule has 0 fully saturated rings. The van der Waals surface area contributed by atoms with Crippen molar-refractivity contribution in [1.82, 2.24) is 19.9 Å². The highest BCUT2D eigenvalue weighted by atomic mass is 16.3. The maximum Gasteiger partial charge on any atom is 0.182 e. The molecule has 0 saturated carbocycles. The molecule has 2 rings (SSSR count). The van der Waals surface area contributed by atoms with Crippen molar-refractivity contribution < 1.29 is 5.11 Å². The van der Waals surface area contributed by atoms with Gasteiger partial charge in [-0.1, -0.05) is 13.8 Å². The van der Waals surface area contributed by atoms with Crippen molar-refractivity contribution >= 4 is 17.0 Å². The molecule has 0 aromatic carbocycles. The van der Waals surface area contributed by atoms with Gasteiger partial charge in [0.15, 0.2) is 11.5 Å². The fraction of sp³-hybridized carbons (Fsp3) is 0.583. The lowest BCUT2D eigenvalue weighted by molar-refractivity contribution is 0.0515. The van der Waals surface area contributed by atoms with Gasteiger partial charge in [-0.2, -0.15) is 0 Å². The first kappa shape index (κ1) is 12.8. The van der Waals surface area contributed by atoms with Crippen LogP contribution in [-0.2, 0) is 0 Å². The SMILES string of the molecule is CC(C)CC(C)(O)CNc1ncnc2nc[nH]c12. The minimum Gasteiger partial charge on any atom is -0.388 e. The highest BCUT2D eigenvalue weighted by molar-refractivity contribution is 5.81. The van der Waals surface area contributed by atoms with Gasteiger partial charge in [-0.05, 0) is 19.3 Å². The number of nitrogens with one attached hydrogen (secondary N) is 2. The molecule has 3 N–H and O–H groups in total. The van der Waals surface area contributed by atoms with Crippen molar-refractivity contribution in [3.8, 4) is 0 Å². The first-order chi connectivity index (χ1) is 8.48. The van der Waals surface area contributed by atoms with Crippen molar-refractivity contribution in [2.24, 2.45) is 5.92 Å². The van der Waals surface area contributed by atoms with Gasteiger partial charge in [0, 0.05) is 6.54 Å². The zero-order chi connectivity index (χ0) is 13.2. The highest BCUT2D eigenvalue weighted by Gasteiger charge is 2.22. The van der Waals surface area contributed by atoms with Crippen molar-refractivity contribution in [3.05, 3.63) is 12.7 Å². The minimum absolute atomic E-state index is 0.441. The zero-order valence-corrected chi connectivity index (χ0v) is 10.9. The van der Waals surface area contributed by atoms with E-state index in [1.54, 1.807) is 6.33 Å². The molecule has 0 radical (unpaired) electrons. The summed E-state index contributed by atoms with van der Waals surface area (Å²) in [4.78, 5) is 15.2. The molecule has 0 spiro atoms. The Bertz CT molecular complexity index is 520. The van der Waals surface area contributed by atoms with Crippen molar-refractivity contribution in [2.45, 2.75) is 32.8 Å². The number of aromatic nitrogens is 4. The van der Waals surface area contributed by atoms with Crippen LogP contribution >= 0.6 is 0 Å². The number of nitrogens with zero attached hydrogens (tertiary/aromatic N) is 3. The zero-order valence-electron chi connectivity index (χ0n) is 10.9. The largest absolute Gasteiger partial charge is 0.388 e. The Hall–Kier alpha value is -1.69. The first-order valence-corrected chi connectivity index (χ1v) is 6.08. The molecule has 2 aromatic rings. The number of aliphatic hydroxyl groups is 1. The third kappa shape index (κ3) is 2.95. The van der Waals surface area contributed by atoms with Gasteiger partial charge in [-0.15, -0.1) is 0 Å². The maximum atomic E-state index is 10.2. The van der Waals surface area contributed by atoms with Crippen molar-refractivity contribution in [2.75, 3.05) is 11.9 Å². The molecule has 2 aromatic heterocycles. The van der Waals surface area contributed by atoms with Gasteiger partial charge in [-0.3, -0.25) is 0 Å². The van der Waals surface area contributed by atoms with Crippen LogP contribution in [0.25, 0.3) is 11.2 Å². The van der Waals surface area contributed by atoms with Gasteiger partial charge in [0.2, 0.25) is 0 Å². The summed E-state index contributed by atoms with van der Waals surface area (Å²) in [6.07, 6.45) is 3.77. The number of rotatable bonds is 5. The Morgan fingerprint density at radius 2 is 2.17 bits per heavy atom. The molecule has 0 bridgehead atoms. The summed E-state index contributed by atoms with van der Waals surface area (Å²) in [6.45, 7) is 6.44. The van der Waals surface area contributed by atoms with E-state index < -0.39 is 5.60 Å². The van der Waals surface area contributed by atoms with E-state index in [-0.39, 0.29) is 0 Å². The quantitative estimate of drug-likeness (QED) is 0.748. The molecule has 6 nitrogen and oxygen atoms in total. The second-order valence-corrected chi connectivity index (χ2v) is 5.27. The maximum absolute atomic E-state index is 10.2. The smallest absolute Gasteiger partial charge is 0.182 e. The topological polar surface area (TPSA) is 86.7 Å². The van der Waals surface area contributed by atoms with Gasteiger partial charge < -0.3 is 15.4 Å². The minimum atomic E-state index is -0.758. The monoisotopic (exact) mass is 249 g/mol. The summed E-state index contributed by atoms with van der Waals surface area (Å²) in [5.41, 5.74) is 0.625. The molecule has 0 aliphatic heterocycles. The van der Waals surface area contributed by atoms with E-state index in [4.69, 9.17) is 0 Å². The van der Waals surface area contributed by atoms with Gasteiger partial charge >= 0.3 is 0 Å². The molecule has 0 aliphatic rings. The average Bonchev–Trinajstić information content (AvgIpc) is 2.72. The predicted molar refractivity (Wildman–Crippen MR) is 70.3 cm³/mol. The lowest BCUT2D eigenvalue weighted by Crippen LogP contribution is -2.35. The highest BCUT2D eigenvalue weighted by Crippen LogP contribution is 2.19. The lowest BCUT2D eigenvalue weighted by Gasteiger charge is -2.25. The summed E-state index contributed by atoms with van der Waals surface area (Å²) in [7, 11) is 0. The standard InChI is InChI=1S/C12H19N5O/c1-8(2)4-12(3,18)5-13-10-9-11(15-6-14-9)17-7-16-10/h6-8,18H,4-5H2,1-3H3,(H2,13,14,15,16,17). The number of fused-ring (bicyclic) bond motifs is 1. The fourth-order valence-corrected chi connectivity index (χ4v) is 2.12. The van der Waals surface area contributed by atoms with Crippen LogP contribution in [-0.4, -0.2) is 37.2 Å². The van der Waals surface area contributed by atoms with Crippen molar-refractivity contribution in [1.29, 1.82) is 0 Å². The Kier molecular flexibility index (Phi) is 3.47. The van der Waals surface area contributed by atoms with E-state index in [0.29, 0.717) is 23.9 Å². The van der Waals surface area contributed by atoms with Crippen LogP contribution in [0.4, 0.5) is 5.82 Å². The molecule has 0 amide bonds. The average molecular weight is 249 g/mol. The molecule has 98 valence electrons. The Morgan fingerprint density at radius 3 is 2.89 bits per heavy atom. The van der Waals surface area contributed by atoms with E-state index in [9.17, 15) is 5.11 Å². The van der Waals surface area contributed by atoms with E-state index in [0.717, 1.165) is 11.9 Å². The molecule has 0 saturated heterocycles. The van der Waals surface area contributed by atoms with Crippen LogP contribution in [0.2, 0.25) is 0 Å². The number of aromatic amines is 1. The third-order valence-electron chi connectivity index (χ3n) is 2.71. The number of anilines is 1. The van der Waals surface area contributed by atoms with Crippen molar-refractivity contribution in [3.63, 3.8) is 0 Å². The first-order valence-electron chi connectivity index (χ1n) is 6.08. The molecule has 2 heterocycles. The summed E-state index contributed by atoms with van der Waals surface area (Å²) < 4.78 is 0. The molecule has 0 aliphatic carbocycles. The molecular formula is C12H19N5O. The lowest BCUT2D eigenvalue weighted by atomic mass is 9.94. The molecular weight excluding hydrogens is 230 g/mol. The van der Waals surface area contributed by atoms with Gasteiger partial charge in [-0.25, -0.2) is 15.0 Å². The summed E-state index contributed by atoms with van der Waals surface area (Å²) in [5.74, 6) is 1.11. The number of imidazole rings is 1. The van der Waals surface area contributed by atoms with Crippen LogP contribution in [0.1, 0.15) is 27.2 Å². The predicted octanol–water partition coefficient (Wildman–Crippen LogP) is 1.56. The fourth-order valence-electron chi connectivity index (χ4n) is 2.12. The second kappa shape index (κ2) is 4.89. The van der Waals surface area contributed by atoms with E-state index >= 15 is 0 Å².